The molecule has 2 rings (SSSR count). The summed E-state index contributed by atoms with van der Waals surface area (Å²) in [6, 6.07) is 4.03. The average Bonchev–Trinajstić information content (AvgIpc) is 2.88. The van der Waals surface area contributed by atoms with Crippen LogP contribution in [-0.4, -0.2) is 27.8 Å². The van der Waals surface area contributed by atoms with E-state index in [1.807, 2.05) is 45.4 Å². The van der Waals surface area contributed by atoms with Crippen LogP contribution in [-0.2, 0) is 13.6 Å². The first-order valence-electron chi connectivity index (χ1n) is 6.47. The van der Waals surface area contributed by atoms with Crippen molar-refractivity contribution in [3.63, 3.8) is 0 Å². The fraction of sp³-hybridized carbons (Fsp3) is 0.500. The number of hydrogen-bond acceptors (Lipinski definition) is 4. The highest BCUT2D eigenvalue weighted by molar-refractivity contribution is 5.13. The minimum absolute atomic E-state index is 0.00720. The van der Waals surface area contributed by atoms with E-state index in [-0.39, 0.29) is 12.1 Å². The van der Waals surface area contributed by atoms with E-state index in [2.05, 4.69) is 17.0 Å². The predicted octanol–water partition coefficient (Wildman–Crippen LogP) is 1.84. The lowest BCUT2D eigenvalue weighted by atomic mass is 10.1. The van der Waals surface area contributed by atoms with Crippen molar-refractivity contribution in [1.29, 1.82) is 0 Å². The van der Waals surface area contributed by atoms with Crippen LogP contribution >= 0.6 is 0 Å². The fourth-order valence-corrected chi connectivity index (χ4v) is 2.43. The maximum Gasteiger partial charge on any atom is 0.122 e. The van der Waals surface area contributed by atoms with Gasteiger partial charge in [0.25, 0.3) is 0 Å². The molecule has 0 aromatic carbocycles. The van der Waals surface area contributed by atoms with Gasteiger partial charge < -0.3 is 10.2 Å². The molecule has 0 fully saturated rings. The molecule has 2 aromatic heterocycles. The highest BCUT2D eigenvalue weighted by Crippen LogP contribution is 2.25. The second-order valence-corrected chi connectivity index (χ2v) is 5.19. The first-order valence-corrected chi connectivity index (χ1v) is 6.47. The summed E-state index contributed by atoms with van der Waals surface area (Å²) in [6.07, 6.45) is 3.89. The van der Waals surface area contributed by atoms with Crippen molar-refractivity contribution in [3.05, 3.63) is 41.6 Å². The molecule has 0 radical (unpaired) electrons. The lowest BCUT2D eigenvalue weighted by molar-refractivity contribution is 0.182. The summed E-state index contributed by atoms with van der Waals surface area (Å²) >= 11 is 0. The summed E-state index contributed by atoms with van der Waals surface area (Å²) in [7, 11) is 3.97. The number of nitrogens with zero attached hydrogens (tertiary/aromatic N) is 3. The molecule has 0 aliphatic heterocycles. The lowest BCUT2D eigenvalue weighted by Gasteiger charge is -2.29. The summed E-state index contributed by atoms with van der Waals surface area (Å²) < 4.78 is 7.54. The third-order valence-corrected chi connectivity index (χ3v) is 3.22. The van der Waals surface area contributed by atoms with E-state index < -0.39 is 0 Å². The number of nitrogens with two attached hydrogens (primary N) is 1. The normalized spacial score (nSPS) is 14.8. The van der Waals surface area contributed by atoms with Gasteiger partial charge in [0.2, 0.25) is 0 Å². The molecule has 0 aliphatic carbocycles. The Morgan fingerprint density at radius 2 is 2.21 bits per heavy atom. The molecule has 0 spiro atoms. The number of furan rings is 1. The van der Waals surface area contributed by atoms with Gasteiger partial charge in [-0.2, -0.15) is 5.10 Å². The van der Waals surface area contributed by atoms with Gasteiger partial charge in [-0.3, -0.25) is 9.58 Å². The molecule has 0 amide bonds. The molecule has 19 heavy (non-hydrogen) atoms. The predicted molar refractivity (Wildman–Crippen MR) is 74.5 cm³/mol. The summed E-state index contributed by atoms with van der Waals surface area (Å²) in [5.74, 6) is 1.83. The van der Waals surface area contributed by atoms with Crippen LogP contribution in [0.25, 0.3) is 0 Å². The quantitative estimate of drug-likeness (QED) is 0.893. The van der Waals surface area contributed by atoms with Crippen LogP contribution in [0, 0.1) is 6.92 Å². The van der Waals surface area contributed by atoms with E-state index in [1.165, 1.54) is 5.56 Å². The Bertz CT molecular complexity index is 529. The van der Waals surface area contributed by atoms with Gasteiger partial charge in [0.1, 0.15) is 11.5 Å². The number of aromatic nitrogens is 2. The Morgan fingerprint density at radius 1 is 1.47 bits per heavy atom. The highest BCUT2D eigenvalue weighted by atomic mass is 16.3. The van der Waals surface area contributed by atoms with Crippen molar-refractivity contribution in [3.8, 4) is 0 Å². The second kappa shape index (κ2) is 5.59. The Kier molecular flexibility index (Phi) is 4.07. The van der Waals surface area contributed by atoms with Crippen LogP contribution in [0.15, 0.2) is 28.9 Å². The van der Waals surface area contributed by atoms with Gasteiger partial charge in [-0.15, -0.1) is 0 Å². The van der Waals surface area contributed by atoms with Gasteiger partial charge in [0.15, 0.2) is 0 Å². The molecule has 5 nitrogen and oxygen atoms in total. The molecule has 0 saturated carbocycles. The van der Waals surface area contributed by atoms with Gasteiger partial charge >= 0.3 is 0 Å². The largest absolute Gasteiger partial charge is 0.465 e. The molecule has 2 unspecified atom stereocenters. The number of aryl methyl sites for hydroxylation is 2. The van der Waals surface area contributed by atoms with Gasteiger partial charge in [-0.05, 0) is 33.0 Å². The molecule has 5 heteroatoms. The number of rotatable bonds is 5. The zero-order valence-electron chi connectivity index (χ0n) is 12.0. The van der Waals surface area contributed by atoms with E-state index >= 15 is 0 Å². The van der Waals surface area contributed by atoms with Crippen LogP contribution in [0.5, 0.6) is 0 Å². The molecular weight excluding hydrogens is 240 g/mol. The van der Waals surface area contributed by atoms with Gasteiger partial charge in [-0.1, -0.05) is 0 Å². The monoisotopic (exact) mass is 262 g/mol. The molecule has 2 heterocycles. The van der Waals surface area contributed by atoms with Crippen LogP contribution in [0.4, 0.5) is 0 Å². The first kappa shape index (κ1) is 13.8. The van der Waals surface area contributed by atoms with Crippen molar-refractivity contribution >= 4 is 0 Å². The average molecular weight is 262 g/mol. The van der Waals surface area contributed by atoms with E-state index in [0.29, 0.717) is 0 Å². The van der Waals surface area contributed by atoms with Crippen molar-refractivity contribution < 1.29 is 4.42 Å². The van der Waals surface area contributed by atoms with Crippen LogP contribution in [0.2, 0.25) is 0 Å². The van der Waals surface area contributed by atoms with Crippen molar-refractivity contribution in [1.82, 2.24) is 14.7 Å². The fourth-order valence-electron chi connectivity index (χ4n) is 2.43. The minimum Gasteiger partial charge on any atom is -0.465 e. The maximum atomic E-state index is 6.12. The van der Waals surface area contributed by atoms with Crippen molar-refractivity contribution in [2.75, 3.05) is 7.05 Å². The van der Waals surface area contributed by atoms with E-state index in [4.69, 9.17) is 10.2 Å². The standard InChI is InChI=1S/C14H22N4O/c1-10-5-6-13(19-10)14(11(2)15)17(3)8-12-7-16-18(4)9-12/h5-7,9,11,14H,8,15H2,1-4H3. The SMILES string of the molecule is Cc1ccc(C(C(C)N)N(C)Cc2cnn(C)c2)o1. The Hall–Kier alpha value is -1.59. The number of likely N-dealkylation sites (N-methyl/N-ethyl adjacent to an activating group) is 1. The van der Waals surface area contributed by atoms with Crippen LogP contribution in [0.1, 0.15) is 30.0 Å². The van der Waals surface area contributed by atoms with Crippen molar-refractivity contribution in [2.45, 2.75) is 32.5 Å². The Morgan fingerprint density at radius 3 is 2.68 bits per heavy atom. The molecule has 0 aliphatic rings. The summed E-state index contributed by atoms with van der Waals surface area (Å²) in [5, 5.41) is 4.19. The topological polar surface area (TPSA) is 60.2 Å². The van der Waals surface area contributed by atoms with E-state index in [1.54, 1.807) is 4.68 Å². The summed E-state index contributed by atoms with van der Waals surface area (Å²) in [6.45, 7) is 4.74. The minimum atomic E-state index is -0.00720. The summed E-state index contributed by atoms with van der Waals surface area (Å²) in [5.41, 5.74) is 7.28. The molecule has 2 aromatic rings. The third kappa shape index (κ3) is 3.24. The molecule has 104 valence electrons. The smallest absolute Gasteiger partial charge is 0.122 e. The van der Waals surface area contributed by atoms with Crippen LogP contribution in [0.3, 0.4) is 0 Å². The molecule has 0 bridgehead atoms. The van der Waals surface area contributed by atoms with E-state index in [0.717, 1.165) is 18.1 Å². The van der Waals surface area contributed by atoms with Crippen LogP contribution < -0.4 is 5.73 Å². The van der Waals surface area contributed by atoms with Gasteiger partial charge in [-0.25, -0.2) is 0 Å². The van der Waals surface area contributed by atoms with Crippen molar-refractivity contribution in [2.24, 2.45) is 12.8 Å². The first-order chi connectivity index (χ1) is 8.97. The molecule has 2 atom stereocenters. The van der Waals surface area contributed by atoms with Gasteiger partial charge in [0.05, 0.1) is 12.2 Å². The van der Waals surface area contributed by atoms with E-state index in [9.17, 15) is 0 Å². The number of hydrogen-bond donors (Lipinski definition) is 1. The summed E-state index contributed by atoms with van der Waals surface area (Å²) in [4.78, 5) is 2.19. The molecular formula is C14H22N4O. The molecule has 0 saturated heterocycles. The zero-order valence-corrected chi connectivity index (χ0v) is 12.0. The maximum absolute atomic E-state index is 6.12. The zero-order chi connectivity index (χ0) is 14.0. The highest BCUT2D eigenvalue weighted by Gasteiger charge is 2.24. The lowest BCUT2D eigenvalue weighted by Crippen LogP contribution is -2.36. The molecule has 2 N–H and O–H groups in total. The second-order valence-electron chi connectivity index (χ2n) is 5.19. The Labute approximate surface area is 114 Å². The van der Waals surface area contributed by atoms with Gasteiger partial charge in [0, 0.05) is 31.4 Å². The Balaban J connectivity index is 2.15. The third-order valence-electron chi connectivity index (χ3n) is 3.22.